The van der Waals surface area contributed by atoms with Crippen molar-refractivity contribution in [3.05, 3.63) is 99.7 Å². The lowest BCUT2D eigenvalue weighted by atomic mass is 10.1. The van der Waals surface area contributed by atoms with E-state index in [1.807, 2.05) is 38.1 Å². The smallest absolute Gasteiger partial charge is 0.293 e. The van der Waals surface area contributed by atoms with Gasteiger partial charge in [0.15, 0.2) is 11.5 Å². The van der Waals surface area contributed by atoms with Gasteiger partial charge in [-0.15, -0.1) is 0 Å². The minimum atomic E-state index is -0.335. The van der Waals surface area contributed by atoms with Crippen LogP contribution in [0.2, 0.25) is 0 Å². The van der Waals surface area contributed by atoms with Gasteiger partial charge >= 0.3 is 0 Å². The normalized spacial score (nSPS) is 14.7. The molecule has 1 aliphatic heterocycles. The molecule has 0 radical (unpaired) electrons. The van der Waals surface area contributed by atoms with Crippen LogP contribution in [0.5, 0.6) is 11.5 Å². The van der Waals surface area contributed by atoms with E-state index in [0.29, 0.717) is 34.1 Å². The second-order valence-electron chi connectivity index (χ2n) is 7.71. The van der Waals surface area contributed by atoms with E-state index >= 15 is 0 Å². The van der Waals surface area contributed by atoms with Gasteiger partial charge in [-0.2, -0.15) is 0 Å². The molecule has 7 heteroatoms. The molecule has 5 nitrogen and oxygen atoms in total. The van der Waals surface area contributed by atoms with Crippen LogP contribution in [0.25, 0.3) is 6.08 Å². The lowest BCUT2D eigenvalue weighted by molar-refractivity contribution is -0.123. The van der Waals surface area contributed by atoms with Crippen molar-refractivity contribution in [3.63, 3.8) is 0 Å². The first kappa shape index (κ1) is 23.6. The molecule has 3 aromatic carbocycles. The van der Waals surface area contributed by atoms with E-state index in [0.717, 1.165) is 22.9 Å². The fourth-order valence-electron chi connectivity index (χ4n) is 3.52. The minimum absolute atomic E-state index is 0.0594. The van der Waals surface area contributed by atoms with Gasteiger partial charge in [-0.1, -0.05) is 48.5 Å². The van der Waals surface area contributed by atoms with Crippen molar-refractivity contribution in [2.24, 2.45) is 0 Å². The number of halogens is 1. The third-order valence-corrected chi connectivity index (χ3v) is 6.28. The first-order valence-corrected chi connectivity index (χ1v) is 11.7. The molecule has 1 saturated heterocycles. The fourth-order valence-corrected chi connectivity index (χ4v) is 4.36. The van der Waals surface area contributed by atoms with Crippen molar-refractivity contribution >= 4 is 29.0 Å². The lowest BCUT2D eigenvalue weighted by Gasteiger charge is -2.14. The van der Waals surface area contributed by atoms with E-state index in [1.54, 1.807) is 42.5 Å². The zero-order valence-electron chi connectivity index (χ0n) is 18.9. The number of hydrogen-bond donors (Lipinski definition) is 0. The highest BCUT2D eigenvalue weighted by molar-refractivity contribution is 8.18. The molecule has 174 valence electrons. The highest BCUT2D eigenvalue weighted by Crippen LogP contribution is 2.36. The van der Waals surface area contributed by atoms with Crippen LogP contribution in [-0.4, -0.2) is 22.7 Å². The number of carbonyl (C=O) groups excluding carboxylic acids is 2. The number of amides is 2. The second-order valence-corrected chi connectivity index (χ2v) is 8.71. The van der Waals surface area contributed by atoms with Crippen LogP contribution >= 0.6 is 11.8 Å². The van der Waals surface area contributed by atoms with Crippen LogP contribution in [0.15, 0.2) is 71.6 Å². The average molecular weight is 478 g/mol. The molecule has 0 aromatic heterocycles. The minimum Gasteiger partial charge on any atom is -0.490 e. The Labute approximate surface area is 202 Å². The van der Waals surface area contributed by atoms with Crippen molar-refractivity contribution in [2.45, 2.75) is 27.0 Å². The fraction of sp³-hybridized carbons (Fsp3) is 0.185. The average Bonchev–Trinajstić information content (AvgIpc) is 3.08. The summed E-state index contributed by atoms with van der Waals surface area (Å²) in [5.74, 6) is 0.288. The molecule has 1 fully saturated rings. The molecule has 0 N–H and O–H groups in total. The number of thioether (sulfide) groups is 1. The van der Waals surface area contributed by atoms with Crippen LogP contribution < -0.4 is 9.47 Å². The number of ether oxygens (including phenoxy) is 2. The summed E-state index contributed by atoms with van der Waals surface area (Å²) < 4.78 is 25.4. The molecule has 0 atom stereocenters. The molecule has 1 aliphatic rings. The summed E-state index contributed by atoms with van der Waals surface area (Å²) in [5.41, 5.74) is 3.10. The van der Waals surface area contributed by atoms with Gasteiger partial charge < -0.3 is 9.47 Å². The third-order valence-electron chi connectivity index (χ3n) is 5.37. The Morgan fingerprint density at radius 1 is 0.941 bits per heavy atom. The predicted molar refractivity (Wildman–Crippen MR) is 131 cm³/mol. The first-order chi connectivity index (χ1) is 16.5. The Hall–Kier alpha value is -3.58. The summed E-state index contributed by atoms with van der Waals surface area (Å²) in [5, 5.41) is -0.297. The van der Waals surface area contributed by atoms with Gasteiger partial charge in [0.2, 0.25) is 0 Å². The van der Waals surface area contributed by atoms with Crippen molar-refractivity contribution < 1.29 is 23.5 Å². The SMILES string of the molecule is CCOc1cc(/C=C2\SC(=O)N(Cc3ccccc3C)C2=O)ccc1OCc1ccccc1F. The largest absolute Gasteiger partial charge is 0.490 e. The summed E-state index contributed by atoms with van der Waals surface area (Å²) >= 11 is 0.919. The summed E-state index contributed by atoms with van der Waals surface area (Å²) in [6.07, 6.45) is 1.67. The van der Waals surface area contributed by atoms with Crippen molar-refractivity contribution in [1.29, 1.82) is 0 Å². The van der Waals surface area contributed by atoms with Crippen LogP contribution in [0.1, 0.15) is 29.2 Å². The zero-order valence-corrected chi connectivity index (χ0v) is 19.7. The zero-order chi connectivity index (χ0) is 24.1. The Morgan fingerprint density at radius 2 is 1.68 bits per heavy atom. The molecule has 3 aromatic rings. The number of aryl methyl sites for hydroxylation is 1. The molecule has 2 amide bonds. The number of rotatable bonds is 8. The molecule has 0 spiro atoms. The van der Waals surface area contributed by atoms with Crippen LogP contribution in [0, 0.1) is 12.7 Å². The van der Waals surface area contributed by atoms with E-state index in [4.69, 9.17) is 9.47 Å². The molecule has 4 rings (SSSR count). The molecule has 0 saturated carbocycles. The Kier molecular flexibility index (Phi) is 7.33. The molecule has 0 aliphatic carbocycles. The van der Waals surface area contributed by atoms with Gasteiger partial charge in [-0.3, -0.25) is 14.5 Å². The lowest BCUT2D eigenvalue weighted by Crippen LogP contribution is -2.27. The Bertz CT molecular complexity index is 1260. The van der Waals surface area contributed by atoms with E-state index in [-0.39, 0.29) is 30.1 Å². The number of hydrogen-bond acceptors (Lipinski definition) is 5. The van der Waals surface area contributed by atoms with Crippen molar-refractivity contribution in [3.8, 4) is 11.5 Å². The van der Waals surface area contributed by atoms with Crippen LogP contribution in [0.3, 0.4) is 0 Å². The Balaban J connectivity index is 1.52. The van der Waals surface area contributed by atoms with E-state index in [1.165, 1.54) is 11.0 Å². The van der Waals surface area contributed by atoms with Gasteiger partial charge in [0.25, 0.3) is 11.1 Å². The molecule has 0 bridgehead atoms. The molecular formula is C27H24FNO4S. The second kappa shape index (κ2) is 10.6. The maximum Gasteiger partial charge on any atom is 0.293 e. The summed E-state index contributed by atoms with van der Waals surface area (Å²) in [7, 11) is 0. The number of benzene rings is 3. The van der Waals surface area contributed by atoms with Crippen LogP contribution in [-0.2, 0) is 17.9 Å². The summed E-state index contributed by atoms with van der Waals surface area (Å²) in [6.45, 7) is 4.51. The number of imide groups is 1. The number of nitrogens with zero attached hydrogens (tertiary/aromatic N) is 1. The Morgan fingerprint density at radius 3 is 2.41 bits per heavy atom. The van der Waals surface area contributed by atoms with E-state index in [2.05, 4.69) is 0 Å². The topological polar surface area (TPSA) is 55.8 Å². The summed E-state index contributed by atoms with van der Waals surface area (Å²) in [6, 6.07) is 19.3. The predicted octanol–water partition coefficient (Wildman–Crippen LogP) is 6.35. The maximum absolute atomic E-state index is 13.9. The molecule has 0 unspecified atom stereocenters. The monoisotopic (exact) mass is 477 g/mol. The summed E-state index contributed by atoms with van der Waals surface area (Å²) in [4.78, 5) is 27.1. The standard InChI is InChI=1S/C27H24FNO4S/c1-3-32-24-14-19(12-13-23(24)33-17-21-10-6-7-11-22(21)28)15-25-26(30)29(27(31)34-25)16-20-9-5-4-8-18(20)2/h4-15H,3,16-17H2,1-2H3/b25-15-. The van der Waals surface area contributed by atoms with Gasteiger partial charge in [0.1, 0.15) is 12.4 Å². The number of carbonyl (C=O) groups is 2. The van der Waals surface area contributed by atoms with E-state index < -0.39 is 0 Å². The quantitative estimate of drug-likeness (QED) is 0.354. The van der Waals surface area contributed by atoms with E-state index in [9.17, 15) is 14.0 Å². The highest BCUT2D eigenvalue weighted by atomic mass is 32.2. The molecule has 34 heavy (non-hydrogen) atoms. The van der Waals surface area contributed by atoms with Gasteiger partial charge in [-0.25, -0.2) is 4.39 Å². The first-order valence-electron chi connectivity index (χ1n) is 10.9. The maximum atomic E-state index is 13.9. The van der Waals surface area contributed by atoms with Gasteiger partial charge in [0.05, 0.1) is 18.1 Å². The van der Waals surface area contributed by atoms with Crippen molar-refractivity contribution in [2.75, 3.05) is 6.61 Å². The van der Waals surface area contributed by atoms with Crippen molar-refractivity contribution in [1.82, 2.24) is 4.90 Å². The third kappa shape index (κ3) is 5.31. The van der Waals surface area contributed by atoms with Gasteiger partial charge in [0, 0.05) is 5.56 Å². The van der Waals surface area contributed by atoms with Gasteiger partial charge in [-0.05, 0) is 66.6 Å². The van der Waals surface area contributed by atoms with Crippen LogP contribution in [0.4, 0.5) is 9.18 Å². The molecular weight excluding hydrogens is 453 g/mol. The highest BCUT2D eigenvalue weighted by Gasteiger charge is 2.35. The molecule has 1 heterocycles.